The summed E-state index contributed by atoms with van der Waals surface area (Å²) in [6, 6.07) is 1.23. The van der Waals surface area contributed by atoms with Crippen molar-refractivity contribution in [2.24, 2.45) is 17.8 Å². The van der Waals surface area contributed by atoms with Crippen LogP contribution in [0.2, 0.25) is 0 Å². The maximum atomic E-state index is 12.9. The van der Waals surface area contributed by atoms with E-state index in [1.54, 1.807) is 7.11 Å². The lowest BCUT2D eigenvalue weighted by Gasteiger charge is -2.56. The summed E-state index contributed by atoms with van der Waals surface area (Å²) in [5, 5.41) is 11.0. The third-order valence-corrected chi connectivity index (χ3v) is 8.66. The van der Waals surface area contributed by atoms with Crippen LogP contribution in [0.15, 0.2) is 0 Å². The Kier molecular flexibility index (Phi) is 5.39. The molecule has 6 nitrogen and oxygen atoms in total. The Balaban J connectivity index is 1.14. The molecule has 2 heterocycles. The molecular weight excluding hydrogens is 384 g/mol. The average molecular weight is 421 g/mol. The topological polar surface area (TPSA) is 65.6 Å². The first kappa shape index (κ1) is 19.9. The normalized spacial score (nSPS) is 42.0. The van der Waals surface area contributed by atoms with E-state index in [0.717, 1.165) is 42.3 Å². The van der Waals surface area contributed by atoms with E-state index in [1.165, 1.54) is 51.4 Å². The number of hydrogen-bond donors (Lipinski definition) is 3. The van der Waals surface area contributed by atoms with Crippen LogP contribution in [0.1, 0.15) is 64.2 Å². The Morgan fingerprint density at radius 2 is 1.62 bits per heavy atom. The molecule has 6 aliphatic rings. The summed E-state index contributed by atoms with van der Waals surface area (Å²) in [5.74, 6) is 2.56. The molecule has 7 heteroatoms. The lowest BCUT2D eigenvalue weighted by Crippen LogP contribution is -2.63. The molecule has 6 rings (SSSR count). The van der Waals surface area contributed by atoms with Crippen LogP contribution < -0.4 is 16.0 Å². The van der Waals surface area contributed by atoms with Gasteiger partial charge in [-0.15, -0.1) is 0 Å². The van der Waals surface area contributed by atoms with Gasteiger partial charge in [-0.05, 0) is 94.2 Å². The molecule has 2 aliphatic heterocycles. The van der Waals surface area contributed by atoms with Crippen molar-refractivity contribution in [3.8, 4) is 0 Å². The second-order valence-electron chi connectivity index (χ2n) is 10.5. The number of nitrogens with one attached hydrogen (secondary N) is 3. The lowest BCUT2D eigenvalue weighted by molar-refractivity contribution is -0.0138. The molecule has 0 radical (unpaired) electrons. The quantitative estimate of drug-likeness (QED) is 0.471. The smallest absolute Gasteiger partial charge is 0.315 e. The molecule has 0 spiro atoms. The SMILES string of the molecule is COCCNC(=S)N1C2CCC1CC(NC(=O)NC13CC4CC(CC(C4)C1)C3)C2. The molecule has 0 aromatic heterocycles. The molecule has 0 aromatic carbocycles. The fourth-order valence-corrected chi connectivity index (χ4v) is 8.10. The maximum absolute atomic E-state index is 12.9. The minimum atomic E-state index is 0.0746. The van der Waals surface area contributed by atoms with E-state index in [1.807, 2.05) is 0 Å². The Morgan fingerprint density at radius 3 is 2.17 bits per heavy atom. The van der Waals surface area contributed by atoms with Gasteiger partial charge in [0.15, 0.2) is 5.11 Å². The van der Waals surface area contributed by atoms with Gasteiger partial charge in [0, 0.05) is 37.3 Å². The van der Waals surface area contributed by atoms with Gasteiger partial charge >= 0.3 is 6.03 Å². The highest BCUT2D eigenvalue weighted by molar-refractivity contribution is 7.80. The first-order valence-corrected chi connectivity index (χ1v) is 12.1. The molecule has 2 amide bonds. The number of amides is 2. The van der Waals surface area contributed by atoms with Gasteiger partial charge in [-0.2, -0.15) is 0 Å². The van der Waals surface area contributed by atoms with Crippen LogP contribution in [0.25, 0.3) is 0 Å². The Hall–Kier alpha value is -1.08. The third-order valence-electron chi connectivity index (χ3n) is 8.30. The van der Waals surface area contributed by atoms with Gasteiger partial charge in [0.05, 0.1) is 6.61 Å². The predicted molar refractivity (Wildman–Crippen MR) is 117 cm³/mol. The number of thiocarbonyl (C=S) groups is 1. The van der Waals surface area contributed by atoms with Gasteiger partial charge in [-0.25, -0.2) is 4.79 Å². The van der Waals surface area contributed by atoms with Crippen molar-refractivity contribution in [2.75, 3.05) is 20.3 Å². The van der Waals surface area contributed by atoms with Gasteiger partial charge in [-0.1, -0.05) is 0 Å². The average Bonchev–Trinajstić information content (AvgIpc) is 2.91. The van der Waals surface area contributed by atoms with E-state index in [0.29, 0.717) is 18.7 Å². The molecule has 6 bridgehead atoms. The van der Waals surface area contributed by atoms with E-state index in [-0.39, 0.29) is 17.6 Å². The van der Waals surface area contributed by atoms with Crippen LogP contribution in [0.4, 0.5) is 4.79 Å². The molecule has 2 saturated heterocycles. The minimum absolute atomic E-state index is 0.0746. The summed E-state index contributed by atoms with van der Waals surface area (Å²) in [6.45, 7) is 1.42. The number of rotatable bonds is 5. The monoisotopic (exact) mass is 420 g/mol. The van der Waals surface area contributed by atoms with Crippen molar-refractivity contribution in [3.63, 3.8) is 0 Å². The highest BCUT2D eigenvalue weighted by Crippen LogP contribution is 2.55. The van der Waals surface area contributed by atoms with Gasteiger partial charge in [0.1, 0.15) is 0 Å². The molecule has 2 unspecified atom stereocenters. The molecule has 6 fully saturated rings. The molecule has 3 N–H and O–H groups in total. The Labute approximate surface area is 179 Å². The number of urea groups is 1. The van der Waals surface area contributed by atoms with E-state index in [9.17, 15) is 4.79 Å². The van der Waals surface area contributed by atoms with Gasteiger partial charge < -0.3 is 25.6 Å². The zero-order valence-corrected chi connectivity index (χ0v) is 18.4. The fourth-order valence-electron chi connectivity index (χ4n) is 7.70. The second kappa shape index (κ2) is 7.88. The maximum Gasteiger partial charge on any atom is 0.315 e. The summed E-state index contributed by atoms with van der Waals surface area (Å²) in [7, 11) is 1.71. The number of methoxy groups -OCH3 is 1. The van der Waals surface area contributed by atoms with E-state index >= 15 is 0 Å². The minimum Gasteiger partial charge on any atom is -0.383 e. The number of fused-ring (bicyclic) bond motifs is 2. The number of ether oxygens (including phenoxy) is 1. The third kappa shape index (κ3) is 3.97. The number of piperidine rings is 1. The van der Waals surface area contributed by atoms with Crippen LogP contribution in [0.3, 0.4) is 0 Å². The van der Waals surface area contributed by atoms with E-state index in [4.69, 9.17) is 17.0 Å². The largest absolute Gasteiger partial charge is 0.383 e. The number of carbonyl (C=O) groups is 1. The molecule has 2 atom stereocenters. The standard InChI is InChI=1S/C22H36N4O2S/c1-28-5-4-23-21(29)26-18-2-3-19(26)10-17(9-18)24-20(27)25-22-11-14-6-15(12-22)8-16(7-14)13-22/h14-19H,2-13H2,1H3,(H,23,29)(H2,24,25,27). The van der Waals surface area contributed by atoms with Crippen molar-refractivity contribution in [2.45, 2.75) is 87.9 Å². The Morgan fingerprint density at radius 1 is 1.03 bits per heavy atom. The molecule has 4 saturated carbocycles. The number of carbonyl (C=O) groups excluding carboxylic acids is 1. The highest BCUT2D eigenvalue weighted by atomic mass is 32.1. The second-order valence-corrected chi connectivity index (χ2v) is 10.9. The molecular formula is C22H36N4O2S. The molecule has 4 aliphatic carbocycles. The summed E-state index contributed by atoms with van der Waals surface area (Å²) in [6.07, 6.45) is 12.2. The fraction of sp³-hybridized carbons (Fsp3) is 0.909. The van der Waals surface area contributed by atoms with Crippen LogP contribution in [-0.2, 0) is 4.74 Å². The van der Waals surface area contributed by atoms with Crippen molar-refractivity contribution >= 4 is 23.4 Å². The van der Waals surface area contributed by atoms with E-state index < -0.39 is 0 Å². The summed E-state index contributed by atoms with van der Waals surface area (Å²) < 4.78 is 5.11. The van der Waals surface area contributed by atoms with E-state index in [2.05, 4.69) is 20.9 Å². The zero-order chi connectivity index (χ0) is 20.0. The summed E-state index contributed by atoms with van der Waals surface area (Å²) in [4.78, 5) is 15.3. The van der Waals surface area contributed by atoms with Crippen LogP contribution in [0, 0.1) is 17.8 Å². The van der Waals surface area contributed by atoms with Crippen LogP contribution in [0.5, 0.6) is 0 Å². The molecule has 0 aromatic rings. The van der Waals surface area contributed by atoms with Crippen molar-refractivity contribution in [1.82, 2.24) is 20.9 Å². The highest BCUT2D eigenvalue weighted by Gasteiger charge is 2.52. The number of hydrogen-bond acceptors (Lipinski definition) is 3. The number of nitrogens with zero attached hydrogens (tertiary/aromatic N) is 1. The van der Waals surface area contributed by atoms with Crippen molar-refractivity contribution in [1.29, 1.82) is 0 Å². The van der Waals surface area contributed by atoms with Crippen molar-refractivity contribution < 1.29 is 9.53 Å². The van der Waals surface area contributed by atoms with Gasteiger partial charge in [-0.3, -0.25) is 0 Å². The van der Waals surface area contributed by atoms with Gasteiger partial charge in [0.25, 0.3) is 0 Å². The van der Waals surface area contributed by atoms with Gasteiger partial charge in [0.2, 0.25) is 0 Å². The first-order valence-electron chi connectivity index (χ1n) is 11.7. The molecule has 162 valence electrons. The molecule has 29 heavy (non-hydrogen) atoms. The predicted octanol–water partition coefficient (Wildman–Crippen LogP) is 2.77. The van der Waals surface area contributed by atoms with Crippen molar-refractivity contribution in [3.05, 3.63) is 0 Å². The van der Waals surface area contributed by atoms with Crippen LogP contribution in [-0.4, -0.2) is 60.0 Å². The summed E-state index contributed by atoms with van der Waals surface area (Å²) in [5.41, 5.74) is 0.0886. The Bertz CT molecular complexity index is 607. The summed E-state index contributed by atoms with van der Waals surface area (Å²) >= 11 is 5.64. The zero-order valence-electron chi connectivity index (χ0n) is 17.6. The lowest BCUT2D eigenvalue weighted by atomic mass is 9.53. The van der Waals surface area contributed by atoms with Crippen LogP contribution >= 0.6 is 12.2 Å². The first-order chi connectivity index (χ1) is 14.0.